The number of nitrogens with zero attached hydrogens (tertiary/aromatic N) is 1. The van der Waals surface area contributed by atoms with Gasteiger partial charge in [0.15, 0.2) is 0 Å². The van der Waals surface area contributed by atoms with Crippen LogP contribution in [0.1, 0.15) is 219 Å². The van der Waals surface area contributed by atoms with Gasteiger partial charge in [0.25, 0.3) is 0 Å². The topological polar surface area (TPSA) is 116 Å². The van der Waals surface area contributed by atoms with Crippen molar-refractivity contribution in [1.29, 1.82) is 0 Å². The lowest BCUT2D eigenvalue weighted by atomic mass is 10.0. The molecular formula is C44H83N3O5. The van der Waals surface area contributed by atoms with Crippen LogP contribution < -0.4 is 10.6 Å². The van der Waals surface area contributed by atoms with E-state index in [-0.39, 0.29) is 38.0 Å². The van der Waals surface area contributed by atoms with E-state index in [4.69, 9.17) is 5.11 Å². The summed E-state index contributed by atoms with van der Waals surface area (Å²) < 4.78 is 0. The van der Waals surface area contributed by atoms with Crippen LogP contribution in [0.15, 0.2) is 12.2 Å². The Balaban J connectivity index is 3.95. The number of amides is 3. The van der Waals surface area contributed by atoms with Crippen molar-refractivity contribution >= 4 is 23.7 Å². The summed E-state index contributed by atoms with van der Waals surface area (Å²) in [5.41, 5.74) is 0. The first-order valence-electron chi connectivity index (χ1n) is 22.1. The molecule has 0 aliphatic carbocycles. The molecule has 0 aliphatic rings. The molecule has 0 rings (SSSR count). The SMILES string of the molecule is CCCCCCCCCCCCCCCCCC(=O)NCCN(CCNC(=O)CCCCCCCCCCCCCCCCC)C(=O)/C=C/C(=O)O. The van der Waals surface area contributed by atoms with Crippen LogP contribution in [-0.4, -0.2) is 59.9 Å². The molecular weight excluding hydrogens is 651 g/mol. The number of carboxylic acids is 1. The third kappa shape index (κ3) is 37.4. The molecule has 0 aromatic carbocycles. The number of carboxylic acid groups (broad SMARTS) is 1. The Morgan fingerprint density at radius 3 is 0.962 bits per heavy atom. The van der Waals surface area contributed by atoms with Crippen molar-refractivity contribution < 1.29 is 24.3 Å². The van der Waals surface area contributed by atoms with Crippen molar-refractivity contribution in [2.75, 3.05) is 26.2 Å². The Kier molecular flexibility index (Phi) is 38.0. The summed E-state index contributed by atoms with van der Waals surface area (Å²) in [5.74, 6) is -1.70. The van der Waals surface area contributed by atoms with E-state index in [1.807, 2.05) is 0 Å². The first kappa shape index (κ1) is 49.6. The molecule has 0 radical (unpaired) electrons. The first-order valence-corrected chi connectivity index (χ1v) is 22.1. The monoisotopic (exact) mass is 734 g/mol. The number of hydrogen-bond donors (Lipinski definition) is 3. The van der Waals surface area contributed by atoms with E-state index >= 15 is 0 Å². The zero-order chi connectivity index (χ0) is 38.2. The van der Waals surface area contributed by atoms with E-state index in [0.717, 1.165) is 50.7 Å². The second-order valence-corrected chi connectivity index (χ2v) is 15.1. The molecule has 8 nitrogen and oxygen atoms in total. The third-order valence-corrected chi connectivity index (χ3v) is 10.1. The second kappa shape index (κ2) is 39.8. The Morgan fingerprint density at radius 1 is 0.423 bits per heavy atom. The molecule has 0 atom stereocenters. The summed E-state index contributed by atoms with van der Waals surface area (Å²) in [6.07, 6.45) is 41.3. The predicted molar refractivity (Wildman–Crippen MR) is 218 cm³/mol. The maximum atomic E-state index is 12.6. The largest absolute Gasteiger partial charge is 0.478 e. The lowest BCUT2D eigenvalue weighted by Crippen LogP contribution is -2.42. The highest BCUT2D eigenvalue weighted by Crippen LogP contribution is 2.15. The molecule has 8 heteroatoms. The highest BCUT2D eigenvalue weighted by molar-refractivity contribution is 5.94. The van der Waals surface area contributed by atoms with E-state index in [9.17, 15) is 19.2 Å². The van der Waals surface area contributed by atoms with Crippen molar-refractivity contribution in [3.8, 4) is 0 Å². The smallest absolute Gasteiger partial charge is 0.328 e. The van der Waals surface area contributed by atoms with Gasteiger partial charge in [0, 0.05) is 51.2 Å². The van der Waals surface area contributed by atoms with E-state index in [2.05, 4.69) is 24.5 Å². The van der Waals surface area contributed by atoms with Gasteiger partial charge in [-0.3, -0.25) is 14.4 Å². The van der Waals surface area contributed by atoms with Crippen LogP contribution in [0.3, 0.4) is 0 Å². The molecule has 0 heterocycles. The van der Waals surface area contributed by atoms with E-state index in [0.29, 0.717) is 12.8 Å². The fraction of sp³-hybridized carbons (Fsp3) is 0.864. The van der Waals surface area contributed by atoms with Gasteiger partial charge in [-0.15, -0.1) is 0 Å². The van der Waals surface area contributed by atoms with Crippen molar-refractivity contribution in [1.82, 2.24) is 15.5 Å². The molecule has 0 aromatic heterocycles. The zero-order valence-electron chi connectivity index (χ0n) is 34.1. The van der Waals surface area contributed by atoms with Gasteiger partial charge >= 0.3 is 5.97 Å². The van der Waals surface area contributed by atoms with Gasteiger partial charge < -0.3 is 20.6 Å². The Bertz CT molecular complexity index is 826. The van der Waals surface area contributed by atoms with Gasteiger partial charge in [0.05, 0.1) is 0 Å². The van der Waals surface area contributed by atoms with Crippen molar-refractivity contribution in [2.24, 2.45) is 0 Å². The lowest BCUT2D eigenvalue weighted by Gasteiger charge is -2.21. The normalized spacial score (nSPS) is 11.3. The van der Waals surface area contributed by atoms with Crippen molar-refractivity contribution in [3.05, 3.63) is 12.2 Å². The Hall–Kier alpha value is -2.38. The summed E-state index contributed by atoms with van der Waals surface area (Å²) in [5, 5.41) is 14.7. The van der Waals surface area contributed by atoms with Gasteiger partial charge in [-0.25, -0.2) is 4.79 Å². The summed E-state index contributed by atoms with van der Waals surface area (Å²) in [6, 6.07) is 0. The maximum Gasteiger partial charge on any atom is 0.328 e. The lowest BCUT2D eigenvalue weighted by molar-refractivity contribution is -0.132. The van der Waals surface area contributed by atoms with Gasteiger partial charge in [-0.05, 0) is 12.8 Å². The van der Waals surface area contributed by atoms with Crippen molar-refractivity contribution in [3.63, 3.8) is 0 Å². The fourth-order valence-corrected chi connectivity index (χ4v) is 6.73. The minimum Gasteiger partial charge on any atom is -0.478 e. The standard InChI is InChI=1S/C44H83N3O5/c1-3-5-7-9-11-13-15-17-19-21-23-25-27-29-31-33-41(48)45-37-39-47(43(50)35-36-44(51)52)40-38-46-42(49)34-32-30-28-26-24-22-20-18-16-14-12-10-8-6-4-2/h35-36H,3-34,37-40H2,1-2H3,(H,45,48)(H,46,49)(H,51,52)/b36-35+. The second-order valence-electron chi connectivity index (χ2n) is 15.1. The van der Waals surface area contributed by atoms with Crippen LogP contribution in [-0.2, 0) is 19.2 Å². The number of aliphatic carboxylic acids is 1. The fourth-order valence-electron chi connectivity index (χ4n) is 6.73. The van der Waals surface area contributed by atoms with Crippen LogP contribution in [0, 0.1) is 0 Å². The summed E-state index contributed by atoms with van der Waals surface area (Å²) >= 11 is 0. The quantitative estimate of drug-likeness (QED) is 0.0428. The minimum absolute atomic E-state index is 0.0278. The van der Waals surface area contributed by atoms with E-state index in [1.54, 1.807) is 0 Å². The maximum absolute atomic E-state index is 12.6. The zero-order valence-corrected chi connectivity index (χ0v) is 34.1. The third-order valence-electron chi connectivity index (χ3n) is 10.1. The van der Waals surface area contributed by atoms with Gasteiger partial charge in [-0.1, -0.05) is 194 Å². The number of carbonyl (C=O) groups excluding carboxylic acids is 3. The molecule has 0 spiro atoms. The first-order chi connectivity index (χ1) is 25.4. The van der Waals surface area contributed by atoms with Gasteiger partial charge in [0.2, 0.25) is 17.7 Å². The molecule has 0 unspecified atom stereocenters. The molecule has 0 aromatic rings. The summed E-state index contributed by atoms with van der Waals surface area (Å²) in [7, 11) is 0. The van der Waals surface area contributed by atoms with Crippen molar-refractivity contribution in [2.45, 2.75) is 219 Å². The minimum atomic E-state index is -1.19. The molecule has 3 amide bonds. The van der Waals surface area contributed by atoms with Crippen LogP contribution in [0.4, 0.5) is 0 Å². The molecule has 0 aliphatic heterocycles. The average Bonchev–Trinajstić information content (AvgIpc) is 3.13. The highest BCUT2D eigenvalue weighted by Gasteiger charge is 2.12. The van der Waals surface area contributed by atoms with E-state index < -0.39 is 11.9 Å². The predicted octanol–water partition coefficient (Wildman–Crippen LogP) is 11.2. The molecule has 0 saturated heterocycles. The molecule has 0 bridgehead atoms. The number of rotatable bonds is 40. The highest BCUT2D eigenvalue weighted by atomic mass is 16.4. The Labute approximate surface area is 320 Å². The molecule has 304 valence electrons. The number of unbranched alkanes of at least 4 members (excludes halogenated alkanes) is 28. The van der Waals surface area contributed by atoms with Gasteiger partial charge in [0.1, 0.15) is 0 Å². The summed E-state index contributed by atoms with van der Waals surface area (Å²) in [6.45, 7) is 5.61. The molecule has 3 N–H and O–H groups in total. The number of carbonyl (C=O) groups is 4. The molecule has 0 saturated carbocycles. The number of hydrogen-bond acceptors (Lipinski definition) is 4. The van der Waals surface area contributed by atoms with Gasteiger partial charge in [-0.2, -0.15) is 0 Å². The average molecular weight is 734 g/mol. The molecule has 0 fully saturated rings. The van der Waals surface area contributed by atoms with Crippen LogP contribution in [0.5, 0.6) is 0 Å². The Morgan fingerprint density at radius 2 is 0.692 bits per heavy atom. The van der Waals surface area contributed by atoms with Crippen LogP contribution in [0.2, 0.25) is 0 Å². The summed E-state index contributed by atoms with van der Waals surface area (Å²) in [4.78, 5) is 49.7. The van der Waals surface area contributed by atoms with Crippen LogP contribution >= 0.6 is 0 Å². The van der Waals surface area contributed by atoms with Crippen LogP contribution in [0.25, 0.3) is 0 Å². The van der Waals surface area contributed by atoms with E-state index in [1.165, 1.54) is 159 Å². The number of nitrogens with one attached hydrogen (secondary N) is 2. The molecule has 52 heavy (non-hydrogen) atoms.